The fourth-order valence-corrected chi connectivity index (χ4v) is 2.03. The van der Waals surface area contributed by atoms with Gasteiger partial charge in [0, 0.05) is 19.1 Å². The number of carbonyl (C=O) groups is 1. The van der Waals surface area contributed by atoms with Gasteiger partial charge in [0.15, 0.2) is 0 Å². The van der Waals surface area contributed by atoms with E-state index in [0.29, 0.717) is 5.56 Å². The molecule has 0 amide bonds. The first-order valence-electron chi connectivity index (χ1n) is 5.43. The van der Waals surface area contributed by atoms with Crippen molar-refractivity contribution in [2.45, 2.75) is 19.0 Å². The number of carbonyl (C=O) groups excluding carboxylic acids is 1. The second kappa shape index (κ2) is 5.73. The van der Waals surface area contributed by atoms with Crippen LogP contribution < -0.4 is 0 Å². The van der Waals surface area contributed by atoms with Gasteiger partial charge in [0.2, 0.25) is 0 Å². The molecule has 0 aliphatic rings. The second-order valence-corrected chi connectivity index (χ2v) is 6.55. The highest BCUT2D eigenvalue weighted by atomic mass is 32.2. The zero-order valence-electron chi connectivity index (χ0n) is 10.2. The third kappa shape index (κ3) is 5.87. The summed E-state index contributed by atoms with van der Waals surface area (Å²) in [7, 11) is -3.21. The molecular formula is C12H13F3O3S. The first-order chi connectivity index (χ1) is 8.58. The number of Topliss-reactive ketones (excluding diaryl/α,β-unsaturated/α-hetero) is 1. The first kappa shape index (κ1) is 15.7. The zero-order chi connectivity index (χ0) is 14.7. The lowest BCUT2D eigenvalue weighted by Crippen LogP contribution is -2.11. The summed E-state index contributed by atoms with van der Waals surface area (Å²) in [5, 5.41) is 0. The molecule has 19 heavy (non-hydrogen) atoms. The predicted octanol–water partition coefficient (Wildman–Crippen LogP) is 2.25. The van der Waals surface area contributed by atoms with E-state index < -0.39 is 21.6 Å². The molecule has 7 heteroatoms. The molecule has 1 aromatic carbocycles. The highest BCUT2D eigenvalue weighted by Crippen LogP contribution is 2.29. The Balaban J connectivity index is 2.61. The molecule has 0 aliphatic carbocycles. The molecule has 0 spiro atoms. The lowest BCUT2D eigenvalue weighted by molar-refractivity contribution is -0.137. The molecule has 0 bridgehead atoms. The molecule has 0 saturated carbocycles. The summed E-state index contributed by atoms with van der Waals surface area (Å²) >= 11 is 0. The average molecular weight is 294 g/mol. The van der Waals surface area contributed by atoms with Crippen molar-refractivity contribution in [3.63, 3.8) is 0 Å². The fraction of sp³-hybridized carbons (Fsp3) is 0.417. The Morgan fingerprint density at radius 2 is 1.68 bits per heavy atom. The van der Waals surface area contributed by atoms with Crippen LogP contribution in [-0.2, 0) is 27.2 Å². The highest BCUT2D eigenvalue weighted by molar-refractivity contribution is 7.90. The monoisotopic (exact) mass is 294 g/mol. The van der Waals surface area contributed by atoms with Gasteiger partial charge in [0.1, 0.15) is 15.6 Å². The van der Waals surface area contributed by atoms with Crippen molar-refractivity contribution in [2.75, 3.05) is 12.0 Å². The van der Waals surface area contributed by atoms with Crippen LogP contribution in [0.5, 0.6) is 0 Å². The van der Waals surface area contributed by atoms with Crippen LogP contribution in [0.1, 0.15) is 17.5 Å². The number of rotatable bonds is 5. The number of halogens is 3. The molecule has 106 valence electrons. The van der Waals surface area contributed by atoms with Crippen LogP contribution in [0.4, 0.5) is 13.2 Å². The molecule has 0 aliphatic heterocycles. The van der Waals surface area contributed by atoms with Crippen molar-refractivity contribution in [2.24, 2.45) is 0 Å². The Morgan fingerprint density at radius 3 is 2.11 bits per heavy atom. The number of ketones is 1. The molecule has 0 N–H and O–H groups in total. The number of hydrogen-bond donors (Lipinski definition) is 0. The van der Waals surface area contributed by atoms with E-state index in [2.05, 4.69) is 0 Å². The van der Waals surface area contributed by atoms with Crippen molar-refractivity contribution in [3.05, 3.63) is 35.4 Å². The maximum absolute atomic E-state index is 12.3. The predicted molar refractivity (Wildman–Crippen MR) is 64.5 cm³/mol. The normalized spacial score (nSPS) is 12.4. The summed E-state index contributed by atoms with van der Waals surface area (Å²) in [5.41, 5.74) is -0.341. The van der Waals surface area contributed by atoms with Gasteiger partial charge in [-0.15, -0.1) is 0 Å². The zero-order valence-corrected chi connectivity index (χ0v) is 11.0. The van der Waals surface area contributed by atoms with Gasteiger partial charge in [0.05, 0.1) is 11.3 Å². The maximum atomic E-state index is 12.3. The van der Waals surface area contributed by atoms with Gasteiger partial charge in [-0.05, 0) is 17.7 Å². The van der Waals surface area contributed by atoms with E-state index in [1.807, 2.05) is 0 Å². The summed E-state index contributed by atoms with van der Waals surface area (Å²) in [6.45, 7) is 0. The molecule has 0 unspecified atom stereocenters. The molecule has 1 rings (SSSR count). The van der Waals surface area contributed by atoms with E-state index in [9.17, 15) is 26.4 Å². The van der Waals surface area contributed by atoms with Gasteiger partial charge < -0.3 is 0 Å². The van der Waals surface area contributed by atoms with Crippen LogP contribution in [0.2, 0.25) is 0 Å². The molecular weight excluding hydrogens is 281 g/mol. The lowest BCUT2D eigenvalue weighted by atomic mass is 10.1. The molecule has 0 saturated heterocycles. The molecule has 0 heterocycles. The van der Waals surface area contributed by atoms with Crippen molar-refractivity contribution in [1.82, 2.24) is 0 Å². The Labute approximate surface area is 109 Å². The van der Waals surface area contributed by atoms with Crippen LogP contribution in [0.3, 0.4) is 0 Å². The summed E-state index contributed by atoms with van der Waals surface area (Å²) in [5.74, 6) is -0.558. The molecule has 0 aromatic heterocycles. The second-order valence-electron chi connectivity index (χ2n) is 4.29. The van der Waals surface area contributed by atoms with Crippen molar-refractivity contribution < 1.29 is 26.4 Å². The number of alkyl halides is 3. The standard InChI is InChI=1S/C12H13F3O3S/c1-19(17,18)7-6-11(16)8-9-2-4-10(5-3-9)12(13,14)15/h2-5H,6-8H2,1H3. The van der Waals surface area contributed by atoms with E-state index in [1.165, 1.54) is 12.1 Å². The minimum atomic E-state index is -4.40. The van der Waals surface area contributed by atoms with Gasteiger partial charge in [-0.3, -0.25) is 4.79 Å². The minimum Gasteiger partial charge on any atom is -0.299 e. The molecule has 0 fully saturated rings. The summed E-state index contributed by atoms with van der Waals surface area (Å²) < 4.78 is 58.6. The fourth-order valence-electron chi connectivity index (χ4n) is 1.43. The molecule has 3 nitrogen and oxygen atoms in total. The van der Waals surface area contributed by atoms with Crippen LogP contribution in [0, 0.1) is 0 Å². The molecule has 1 aromatic rings. The van der Waals surface area contributed by atoms with Crippen LogP contribution >= 0.6 is 0 Å². The van der Waals surface area contributed by atoms with Crippen LogP contribution in [0.15, 0.2) is 24.3 Å². The third-order valence-electron chi connectivity index (χ3n) is 2.43. The summed E-state index contributed by atoms with van der Waals surface area (Å²) in [4.78, 5) is 11.5. The average Bonchev–Trinajstić information content (AvgIpc) is 2.25. The number of hydrogen-bond acceptors (Lipinski definition) is 3. The maximum Gasteiger partial charge on any atom is 0.416 e. The Morgan fingerprint density at radius 1 is 1.16 bits per heavy atom. The number of benzene rings is 1. The van der Waals surface area contributed by atoms with E-state index >= 15 is 0 Å². The number of sulfone groups is 1. The largest absolute Gasteiger partial charge is 0.416 e. The highest BCUT2D eigenvalue weighted by Gasteiger charge is 2.29. The van der Waals surface area contributed by atoms with E-state index in [1.54, 1.807) is 0 Å². The van der Waals surface area contributed by atoms with Gasteiger partial charge in [0.25, 0.3) is 0 Å². The van der Waals surface area contributed by atoms with E-state index in [-0.39, 0.29) is 24.4 Å². The van der Waals surface area contributed by atoms with E-state index in [4.69, 9.17) is 0 Å². The Kier molecular flexibility index (Phi) is 4.73. The first-order valence-corrected chi connectivity index (χ1v) is 7.49. The van der Waals surface area contributed by atoms with Gasteiger partial charge >= 0.3 is 6.18 Å². The molecule has 0 radical (unpaired) electrons. The van der Waals surface area contributed by atoms with Crippen molar-refractivity contribution in [1.29, 1.82) is 0 Å². The lowest BCUT2D eigenvalue weighted by Gasteiger charge is -2.07. The van der Waals surface area contributed by atoms with Gasteiger partial charge in [-0.25, -0.2) is 8.42 Å². The van der Waals surface area contributed by atoms with E-state index in [0.717, 1.165) is 18.4 Å². The van der Waals surface area contributed by atoms with Crippen molar-refractivity contribution in [3.8, 4) is 0 Å². The van der Waals surface area contributed by atoms with Crippen molar-refractivity contribution >= 4 is 15.6 Å². The van der Waals surface area contributed by atoms with Crippen LogP contribution in [-0.4, -0.2) is 26.2 Å². The Bertz CT molecular complexity index is 545. The van der Waals surface area contributed by atoms with Gasteiger partial charge in [-0.2, -0.15) is 13.2 Å². The summed E-state index contributed by atoms with van der Waals surface area (Å²) in [6, 6.07) is 4.25. The summed E-state index contributed by atoms with van der Waals surface area (Å²) in [6.07, 6.45) is -3.56. The quantitative estimate of drug-likeness (QED) is 0.837. The third-order valence-corrected chi connectivity index (χ3v) is 3.38. The van der Waals surface area contributed by atoms with Crippen LogP contribution in [0.25, 0.3) is 0 Å². The molecule has 0 atom stereocenters. The minimum absolute atomic E-state index is 0.0618. The topological polar surface area (TPSA) is 51.2 Å². The SMILES string of the molecule is CS(=O)(=O)CCC(=O)Cc1ccc(C(F)(F)F)cc1. The Hall–Kier alpha value is -1.37. The van der Waals surface area contributed by atoms with Gasteiger partial charge in [-0.1, -0.05) is 12.1 Å². The smallest absolute Gasteiger partial charge is 0.299 e.